The van der Waals surface area contributed by atoms with E-state index in [1.54, 1.807) is 41.1 Å². The van der Waals surface area contributed by atoms with Crippen molar-refractivity contribution in [2.24, 2.45) is 11.8 Å². The van der Waals surface area contributed by atoms with Crippen LogP contribution in [0.4, 0.5) is 23.2 Å². The normalized spacial score (nSPS) is 18.6. The number of para-hydroxylation sites is 2. The molecule has 0 bridgehead atoms. The summed E-state index contributed by atoms with van der Waals surface area (Å²) in [6, 6.07) is 34.1. The highest BCUT2D eigenvalue weighted by molar-refractivity contribution is 5.97. The van der Waals surface area contributed by atoms with Crippen molar-refractivity contribution in [2.75, 3.05) is 71.4 Å². The van der Waals surface area contributed by atoms with E-state index in [2.05, 4.69) is 50.2 Å². The number of hydrogen-bond acceptors (Lipinski definition) is 8. The maximum Gasteiger partial charge on any atom is 0.416 e. The second kappa shape index (κ2) is 21.9. The predicted molar refractivity (Wildman–Crippen MR) is 259 cm³/mol. The van der Waals surface area contributed by atoms with Crippen molar-refractivity contribution in [3.8, 4) is 5.75 Å². The number of fused-ring (bicyclic) bond motifs is 3. The first-order chi connectivity index (χ1) is 32.9. The molecule has 6 aromatic rings. The standard InChI is InChI=1S/C22H22FN3O3.C17H18F3NO.C15H20N2/c23-17-7-5-15(6-8-17)20(27)16-9-11-25(12-10-16)13-14-26-21(28)18-3-1-2-4-19(18)24-22(26)29;1-21-12-11-16(13-5-3-2-4-6-13)22-15-9-7-14(8-10-15)17(18,19)20;1-16-7-5-12-9-17-8-6-11-3-2-4-13(15(11)17)14(12)10-16/h1-8,16H,9-14H2,(H,24,29);2-10,16,21H,11-12H2,1H3;2-4,12,14H,5-10H2,1H3/t;;12-,14-/m..1/s1. The Morgan fingerprint density at radius 1 is 0.809 bits per heavy atom. The number of rotatable bonds is 11. The van der Waals surface area contributed by atoms with E-state index in [1.807, 2.05) is 37.4 Å². The molecule has 5 aromatic carbocycles. The number of ketones is 1. The molecule has 5 heterocycles. The third-order valence-electron chi connectivity index (χ3n) is 13.8. The smallest absolute Gasteiger partial charge is 0.416 e. The number of aromatic nitrogens is 2. The van der Waals surface area contributed by atoms with E-state index in [0.717, 1.165) is 55.6 Å². The van der Waals surface area contributed by atoms with Gasteiger partial charge in [0.2, 0.25) is 0 Å². The van der Waals surface area contributed by atoms with Crippen LogP contribution in [-0.2, 0) is 19.1 Å². The van der Waals surface area contributed by atoms with Gasteiger partial charge >= 0.3 is 11.9 Å². The second-order valence-electron chi connectivity index (χ2n) is 18.3. The van der Waals surface area contributed by atoms with Gasteiger partial charge in [-0.2, -0.15) is 13.2 Å². The van der Waals surface area contributed by atoms with Crippen LogP contribution in [0.5, 0.6) is 5.75 Å². The van der Waals surface area contributed by atoms with Gasteiger partial charge in [-0.05, 0) is 149 Å². The molecule has 0 radical (unpaired) electrons. The number of piperidine rings is 2. The molecule has 358 valence electrons. The van der Waals surface area contributed by atoms with Crippen LogP contribution in [0.2, 0.25) is 0 Å². The van der Waals surface area contributed by atoms with E-state index in [1.165, 1.54) is 80.0 Å². The lowest BCUT2D eigenvalue weighted by atomic mass is 9.77. The van der Waals surface area contributed by atoms with Crippen LogP contribution in [0.15, 0.2) is 131 Å². The number of ether oxygens (including phenoxy) is 1. The molecule has 0 amide bonds. The number of likely N-dealkylation sites (tertiary alicyclic amines) is 2. The fourth-order valence-electron chi connectivity index (χ4n) is 10.1. The maximum absolute atomic E-state index is 13.0. The van der Waals surface area contributed by atoms with Crippen molar-refractivity contribution < 1.29 is 27.1 Å². The lowest BCUT2D eigenvalue weighted by Gasteiger charge is -2.44. The van der Waals surface area contributed by atoms with Gasteiger partial charge in [0, 0.05) is 62.2 Å². The number of benzene rings is 5. The Morgan fingerprint density at radius 2 is 1.53 bits per heavy atom. The third kappa shape index (κ3) is 11.6. The zero-order valence-corrected chi connectivity index (χ0v) is 38.7. The lowest BCUT2D eigenvalue weighted by molar-refractivity contribution is -0.137. The van der Waals surface area contributed by atoms with E-state index >= 15 is 0 Å². The monoisotopic (exact) mass is 932 g/mol. The first-order valence-corrected chi connectivity index (χ1v) is 23.7. The van der Waals surface area contributed by atoms with Gasteiger partial charge in [0.1, 0.15) is 17.7 Å². The number of halogens is 4. The number of carbonyl (C=O) groups excluding carboxylic acids is 1. The van der Waals surface area contributed by atoms with Crippen LogP contribution in [-0.4, -0.2) is 91.6 Å². The van der Waals surface area contributed by atoms with Crippen LogP contribution in [0.1, 0.15) is 70.3 Å². The first kappa shape index (κ1) is 48.4. The van der Waals surface area contributed by atoms with Crippen LogP contribution in [0.25, 0.3) is 10.9 Å². The van der Waals surface area contributed by atoms with Crippen molar-refractivity contribution in [2.45, 2.75) is 56.8 Å². The largest absolute Gasteiger partial charge is 0.486 e. The first-order valence-electron chi connectivity index (χ1n) is 23.7. The number of H-pyrrole nitrogens is 1. The zero-order chi connectivity index (χ0) is 47.8. The van der Waals surface area contributed by atoms with Crippen molar-refractivity contribution in [3.05, 3.63) is 176 Å². The van der Waals surface area contributed by atoms with E-state index in [4.69, 9.17) is 4.74 Å². The topological polar surface area (TPSA) is 103 Å². The molecule has 10 nitrogen and oxygen atoms in total. The summed E-state index contributed by atoms with van der Waals surface area (Å²) in [6.45, 7) is 8.16. The Bertz CT molecular complexity index is 2740. The number of hydrogen-bond donors (Lipinski definition) is 2. The molecule has 2 saturated heterocycles. The van der Waals surface area contributed by atoms with Gasteiger partial charge in [-0.15, -0.1) is 0 Å². The summed E-state index contributed by atoms with van der Waals surface area (Å²) in [7, 11) is 4.12. The van der Waals surface area contributed by atoms with Gasteiger partial charge in [0.25, 0.3) is 5.56 Å². The molecule has 2 fully saturated rings. The molecular formula is C54H60F4N6O4. The van der Waals surface area contributed by atoms with Gasteiger partial charge in [0.05, 0.1) is 16.5 Å². The van der Waals surface area contributed by atoms with E-state index in [-0.39, 0.29) is 29.2 Å². The number of nitrogens with one attached hydrogen (secondary N) is 2. The molecule has 68 heavy (non-hydrogen) atoms. The number of likely N-dealkylation sites (N-methyl/N-ethyl adjacent to an activating group) is 1. The van der Waals surface area contributed by atoms with Crippen LogP contribution in [0.3, 0.4) is 0 Å². The number of Topliss-reactive ketones (excluding diaryl/α,β-unsaturated/α-hetero) is 1. The summed E-state index contributed by atoms with van der Waals surface area (Å²) < 4.78 is 57.8. The van der Waals surface area contributed by atoms with Gasteiger partial charge in [-0.3, -0.25) is 14.2 Å². The van der Waals surface area contributed by atoms with E-state index < -0.39 is 17.4 Å². The molecule has 3 atom stereocenters. The minimum Gasteiger partial charge on any atom is -0.486 e. The summed E-state index contributed by atoms with van der Waals surface area (Å²) >= 11 is 0. The zero-order valence-electron chi connectivity index (χ0n) is 38.7. The molecule has 4 aliphatic rings. The number of alkyl halides is 3. The molecule has 2 N–H and O–H groups in total. The van der Waals surface area contributed by atoms with Crippen LogP contribution < -0.4 is 26.2 Å². The molecule has 0 spiro atoms. The Hall–Kier alpha value is -6.09. The number of carbonyl (C=O) groups is 1. The summed E-state index contributed by atoms with van der Waals surface area (Å²) in [5, 5.41) is 3.55. The fourth-order valence-corrected chi connectivity index (χ4v) is 10.1. The molecule has 0 aliphatic carbocycles. The quantitative estimate of drug-likeness (QED) is 0.0982. The van der Waals surface area contributed by atoms with Crippen LogP contribution >= 0.6 is 0 Å². The molecule has 1 unspecified atom stereocenters. The van der Waals surface area contributed by atoms with Crippen molar-refractivity contribution in [1.29, 1.82) is 0 Å². The highest BCUT2D eigenvalue weighted by Gasteiger charge is 2.39. The minimum absolute atomic E-state index is 0.0480. The number of nitrogens with zero attached hydrogens (tertiary/aromatic N) is 4. The van der Waals surface area contributed by atoms with Gasteiger partial charge in [-0.1, -0.05) is 60.7 Å². The molecular weight excluding hydrogens is 873 g/mol. The predicted octanol–water partition coefficient (Wildman–Crippen LogP) is 8.96. The fraction of sp³-hybridized carbons (Fsp3) is 0.389. The maximum atomic E-state index is 13.0. The van der Waals surface area contributed by atoms with Gasteiger partial charge in [-0.25, -0.2) is 9.18 Å². The minimum atomic E-state index is -4.33. The lowest BCUT2D eigenvalue weighted by Crippen LogP contribution is -2.45. The Morgan fingerprint density at radius 3 is 2.25 bits per heavy atom. The summed E-state index contributed by atoms with van der Waals surface area (Å²) in [5.41, 5.74) is 5.55. The SMILES string of the molecule is CN1CC[C@@H]2CN3CCc4cccc(c43)[C@@H]2C1.CNCCC(Oc1ccc(C(F)(F)F)cc1)c1ccccc1.O=C(c1ccc(F)cc1)C1CCN(CCn2c(=O)[nH]c3ccccc3c2=O)CC1. The Labute approximate surface area is 394 Å². The van der Waals surface area contributed by atoms with E-state index in [9.17, 15) is 31.9 Å². The third-order valence-corrected chi connectivity index (χ3v) is 13.8. The molecule has 14 heteroatoms. The number of anilines is 1. The van der Waals surface area contributed by atoms with Crippen molar-refractivity contribution in [3.63, 3.8) is 0 Å². The summed E-state index contributed by atoms with van der Waals surface area (Å²) in [6.07, 6.45) is 0.244. The van der Waals surface area contributed by atoms with Gasteiger partial charge in [0.15, 0.2) is 5.78 Å². The van der Waals surface area contributed by atoms with Crippen molar-refractivity contribution in [1.82, 2.24) is 24.7 Å². The summed E-state index contributed by atoms with van der Waals surface area (Å²) in [4.78, 5) is 47.5. The van der Waals surface area contributed by atoms with E-state index in [0.29, 0.717) is 48.1 Å². The average molecular weight is 933 g/mol. The number of aromatic amines is 1. The highest BCUT2D eigenvalue weighted by atomic mass is 19.4. The van der Waals surface area contributed by atoms with Crippen molar-refractivity contribution >= 4 is 22.4 Å². The molecule has 4 aliphatic heterocycles. The molecule has 10 rings (SSSR count). The summed E-state index contributed by atoms with van der Waals surface area (Å²) in [5.74, 6) is 1.73. The molecule has 1 aromatic heterocycles. The Kier molecular flexibility index (Phi) is 15.6. The van der Waals surface area contributed by atoms with Gasteiger partial charge < -0.3 is 29.7 Å². The Balaban J connectivity index is 0.000000143. The van der Waals surface area contributed by atoms with Crippen LogP contribution in [0, 0.1) is 17.7 Å². The highest BCUT2D eigenvalue weighted by Crippen LogP contribution is 2.46. The average Bonchev–Trinajstić information content (AvgIpc) is 3.77. The second-order valence-corrected chi connectivity index (χ2v) is 18.3. The molecule has 0 saturated carbocycles.